The van der Waals surface area contributed by atoms with Gasteiger partial charge in [-0.3, -0.25) is 9.59 Å². The molecule has 1 aliphatic carbocycles. The number of nitrogens with one attached hydrogen (secondary N) is 2. The molecule has 0 saturated carbocycles. The van der Waals surface area contributed by atoms with Crippen molar-refractivity contribution in [2.24, 2.45) is 0 Å². The van der Waals surface area contributed by atoms with Gasteiger partial charge in [0, 0.05) is 28.4 Å². The summed E-state index contributed by atoms with van der Waals surface area (Å²) in [6.45, 7) is 0. The fourth-order valence-corrected chi connectivity index (χ4v) is 4.23. The van der Waals surface area contributed by atoms with Gasteiger partial charge in [-0.2, -0.15) is 5.10 Å². The van der Waals surface area contributed by atoms with Gasteiger partial charge in [0.1, 0.15) is 17.4 Å². The third-order valence-electron chi connectivity index (χ3n) is 5.50. The monoisotopic (exact) mass is 418 g/mol. The van der Waals surface area contributed by atoms with Crippen LogP contribution in [0.5, 0.6) is 0 Å². The Bertz CT molecular complexity index is 1170. The van der Waals surface area contributed by atoms with E-state index in [1.807, 2.05) is 30.3 Å². The largest absolute Gasteiger partial charge is 0.343 e. The molecule has 7 heteroatoms. The summed E-state index contributed by atoms with van der Waals surface area (Å²) < 4.78 is 1.74. The molecule has 150 valence electrons. The Morgan fingerprint density at radius 1 is 1.10 bits per heavy atom. The van der Waals surface area contributed by atoms with Crippen LogP contribution in [-0.2, 0) is 4.79 Å². The molecule has 2 N–H and O–H groups in total. The predicted octanol–water partition coefficient (Wildman–Crippen LogP) is 4.81. The molecule has 2 aliphatic rings. The first-order valence-corrected chi connectivity index (χ1v) is 10.2. The molecule has 1 aliphatic heterocycles. The zero-order valence-electron chi connectivity index (χ0n) is 16.1. The molecular formula is C23H19ClN4O2. The van der Waals surface area contributed by atoms with Gasteiger partial charge in [-0.1, -0.05) is 41.9 Å². The second-order valence-electron chi connectivity index (χ2n) is 7.42. The number of nitrogens with zero attached hydrogens (tertiary/aromatic N) is 2. The van der Waals surface area contributed by atoms with Gasteiger partial charge in [-0.05, 0) is 42.7 Å². The van der Waals surface area contributed by atoms with Crippen molar-refractivity contribution in [3.63, 3.8) is 0 Å². The molecule has 30 heavy (non-hydrogen) atoms. The normalized spacial score (nSPS) is 17.8. The van der Waals surface area contributed by atoms with Crippen LogP contribution in [0.2, 0.25) is 5.02 Å². The third-order valence-corrected chi connectivity index (χ3v) is 5.75. The Labute approximate surface area is 178 Å². The van der Waals surface area contributed by atoms with Crippen molar-refractivity contribution >= 4 is 34.8 Å². The molecule has 3 aromatic rings. The van der Waals surface area contributed by atoms with Crippen LogP contribution < -0.4 is 10.6 Å². The number of fused-ring (bicyclic) bond motifs is 1. The number of benzene rings is 2. The SMILES string of the molecule is O=C1CCCC2=C1[C@@H](c1ccccc1)n1ncc(C(=O)Nc3ccc(Cl)cc3)c1N2. The highest BCUT2D eigenvalue weighted by Gasteiger charge is 2.37. The van der Waals surface area contributed by atoms with Crippen molar-refractivity contribution in [2.75, 3.05) is 10.6 Å². The second-order valence-corrected chi connectivity index (χ2v) is 7.86. The van der Waals surface area contributed by atoms with Crippen LogP contribution in [-0.4, -0.2) is 21.5 Å². The molecule has 0 radical (unpaired) electrons. The number of anilines is 2. The number of halogens is 1. The standard InChI is InChI=1S/C23H19ClN4O2/c24-15-9-11-16(12-10-15)26-23(30)17-13-25-28-21(14-5-2-1-3-6-14)20-18(27-22(17)28)7-4-8-19(20)29/h1-3,5-6,9-13,21,27H,4,7-8H2,(H,26,30)/t21-/m1/s1. The number of carbonyl (C=O) groups is 2. The number of ketones is 1. The van der Waals surface area contributed by atoms with Crippen molar-refractivity contribution in [1.82, 2.24) is 9.78 Å². The summed E-state index contributed by atoms with van der Waals surface area (Å²) in [5, 5.41) is 11.3. The highest BCUT2D eigenvalue weighted by Crippen LogP contribution is 2.41. The van der Waals surface area contributed by atoms with Crippen molar-refractivity contribution < 1.29 is 9.59 Å². The minimum absolute atomic E-state index is 0.130. The van der Waals surface area contributed by atoms with Crippen molar-refractivity contribution in [3.05, 3.63) is 88.2 Å². The van der Waals surface area contributed by atoms with E-state index in [-0.39, 0.29) is 17.7 Å². The lowest BCUT2D eigenvalue weighted by molar-refractivity contribution is -0.116. The van der Waals surface area contributed by atoms with Crippen LogP contribution in [0.3, 0.4) is 0 Å². The van der Waals surface area contributed by atoms with Crippen molar-refractivity contribution in [2.45, 2.75) is 25.3 Å². The maximum absolute atomic E-state index is 13.0. The van der Waals surface area contributed by atoms with Crippen LogP contribution in [0.25, 0.3) is 0 Å². The Balaban J connectivity index is 1.56. The van der Waals surface area contributed by atoms with Gasteiger partial charge >= 0.3 is 0 Å². The van der Waals surface area contributed by atoms with Gasteiger partial charge in [0.2, 0.25) is 0 Å². The summed E-state index contributed by atoms with van der Waals surface area (Å²) in [6, 6.07) is 16.4. The van der Waals surface area contributed by atoms with E-state index in [0.717, 1.165) is 29.7 Å². The molecule has 0 spiro atoms. The molecule has 1 amide bonds. The summed E-state index contributed by atoms with van der Waals surface area (Å²) in [7, 11) is 0. The van der Waals surface area contributed by atoms with Crippen LogP contribution in [0, 0.1) is 0 Å². The highest BCUT2D eigenvalue weighted by atomic mass is 35.5. The molecule has 0 fully saturated rings. The first kappa shape index (κ1) is 18.6. The number of hydrogen-bond acceptors (Lipinski definition) is 4. The Morgan fingerprint density at radius 3 is 2.63 bits per heavy atom. The molecule has 1 atom stereocenters. The lowest BCUT2D eigenvalue weighted by Gasteiger charge is -2.33. The molecule has 6 nitrogen and oxygen atoms in total. The first-order chi connectivity index (χ1) is 14.6. The fourth-order valence-electron chi connectivity index (χ4n) is 4.10. The fraction of sp³-hybridized carbons (Fsp3) is 0.174. The molecule has 0 saturated heterocycles. The lowest BCUT2D eigenvalue weighted by atomic mass is 9.85. The van der Waals surface area contributed by atoms with E-state index in [9.17, 15) is 9.59 Å². The second kappa shape index (κ2) is 7.46. The average Bonchev–Trinajstić information content (AvgIpc) is 3.18. The van der Waals surface area contributed by atoms with Gasteiger partial charge in [0.15, 0.2) is 5.78 Å². The van der Waals surface area contributed by atoms with Gasteiger partial charge in [-0.15, -0.1) is 0 Å². The number of aromatic nitrogens is 2. The van der Waals surface area contributed by atoms with Crippen LogP contribution in [0.1, 0.15) is 41.2 Å². The van der Waals surface area contributed by atoms with Crippen LogP contribution in [0.15, 0.2) is 72.1 Å². The number of allylic oxidation sites excluding steroid dienone is 2. The number of amides is 1. The number of Topliss-reactive ketones (excluding diaryl/α,β-unsaturated/α-hetero) is 1. The summed E-state index contributed by atoms with van der Waals surface area (Å²) >= 11 is 5.92. The summed E-state index contributed by atoms with van der Waals surface area (Å²) in [4.78, 5) is 25.8. The Hall–Kier alpha value is -3.38. The van der Waals surface area contributed by atoms with Crippen LogP contribution in [0.4, 0.5) is 11.5 Å². The number of carbonyl (C=O) groups excluding carboxylic acids is 2. The maximum Gasteiger partial charge on any atom is 0.261 e. The minimum Gasteiger partial charge on any atom is -0.343 e. The van der Waals surface area contributed by atoms with E-state index in [1.54, 1.807) is 35.1 Å². The smallest absolute Gasteiger partial charge is 0.261 e. The topological polar surface area (TPSA) is 76.0 Å². The average molecular weight is 419 g/mol. The van der Waals surface area contributed by atoms with E-state index in [2.05, 4.69) is 15.7 Å². The highest BCUT2D eigenvalue weighted by molar-refractivity contribution is 6.30. The van der Waals surface area contributed by atoms with Gasteiger partial charge < -0.3 is 10.6 Å². The zero-order valence-corrected chi connectivity index (χ0v) is 16.8. The summed E-state index contributed by atoms with van der Waals surface area (Å²) in [5.74, 6) is 0.457. The molecule has 0 bridgehead atoms. The van der Waals surface area contributed by atoms with E-state index in [4.69, 9.17) is 11.6 Å². The van der Waals surface area contributed by atoms with Gasteiger partial charge in [-0.25, -0.2) is 4.68 Å². The van der Waals surface area contributed by atoms with Gasteiger partial charge in [0.05, 0.1) is 6.20 Å². The zero-order chi connectivity index (χ0) is 20.7. The molecule has 2 aromatic carbocycles. The lowest BCUT2D eigenvalue weighted by Crippen LogP contribution is -2.32. The Morgan fingerprint density at radius 2 is 1.87 bits per heavy atom. The quantitative estimate of drug-likeness (QED) is 0.640. The maximum atomic E-state index is 13.0. The molecule has 2 heterocycles. The molecule has 5 rings (SSSR count). The van der Waals surface area contributed by atoms with Crippen molar-refractivity contribution in [3.8, 4) is 0 Å². The van der Waals surface area contributed by atoms with Crippen molar-refractivity contribution in [1.29, 1.82) is 0 Å². The number of hydrogen-bond donors (Lipinski definition) is 2. The third kappa shape index (κ3) is 3.19. The Kier molecular flexibility index (Phi) is 4.64. The van der Waals surface area contributed by atoms with Gasteiger partial charge in [0.25, 0.3) is 5.91 Å². The predicted molar refractivity (Wildman–Crippen MR) is 116 cm³/mol. The van der Waals surface area contributed by atoms with E-state index in [0.29, 0.717) is 28.5 Å². The molecule has 1 aromatic heterocycles. The summed E-state index contributed by atoms with van der Waals surface area (Å²) in [6.07, 6.45) is 3.65. The minimum atomic E-state index is -0.345. The van der Waals surface area contributed by atoms with Crippen LogP contribution >= 0.6 is 11.6 Å². The number of rotatable bonds is 3. The van der Waals surface area contributed by atoms with E-state index < -0.39 is 0 Å². The van der Waals surface area contributed by atoms with E-state index >= 15 is 0 Å². The first-order valence-electron chi connectivity index (χ1n) is 9.84. The molecule has 0 unspecified atom stereocenters. The molecular weight excluding hydrogens is 400 g/mol. The van der Waals surface area contributed by atoms with E-state index in [1.165, 1.54) is 0 Å². The summed E-state index contributed by atoms with van der Waals surface area (Å²) in [5.41, 5.74) is 3.67.